The molecule has 0 aliphatic heterocycles. The number of hydrogen-bond donors (Lipinski definition) is 0. The van der Waals surface area contributed by atoms with Gasteiger partial charge in [0.1, 0.15) is 5.78 Å². The van der Waals surface area contributed by atoms with Gasteiger partial charge in [0.25, 0.3) is 0 Å². The summed E-state index contributed by atoms with van der Waals surface area (Å²) in [5.74, 6) is 0.813. The average molecular weight is 651 g/mol. The molecule has 0 aromatic heterocycles. The minimum absolute atomic E-state index is 0.0882. The van der Waals surface area contributed by atoms with Crippen LogP contribution in [0.25, 0.3) is 0 Å². The first-order chi connectivity index (χ1) is 22.4. The molecule has 0 saturated carbocycles. The Labute approximate surface area is 294 Å². The maximum atomic E-state index is 10.8. The number of ketones is 1. The van der Waals surface area contributed by atoms with Gasteiger partial charge in [-0.3, -0.25) is 4.79 Å². The largest absolute Gasteiger partial charge is 0.308 e. The Morgan fingerprint density at radius 1 is 0.478 bits per heavy atom. The van der Waals surface area contributed by atoms with Crippen molar-refractivity contribution in [3.05, 3.63) is 13.8 Å². The van der Waals surface area contributed by atoms with Crippen LogP contribution in [-0.4, -0.2) is 55.9 Å². The summed E-state index contributed by atoms with van der Waals surface area (Å²) >= 11 is 0. The van der Waals surface area contributed by atoms with E-state index in [-0.39, 0.29) is 5.78 Å². The van der Waals surface area contributed by atoms with Gasteiger partial charge in [0, 0.05) is 26.4 Å². The van der Waals surface area contributed by atoms with Gasteiger partial charge in [-0.2, -0.15) is 0 Å². The van der Waals surface area contributed by atoms with Gasteiger partial charge >= 0.3 is 0 Å². The average Bonchev–Trinajstić information content (AvgIpc) is 3.04. The summed E-state index contributed by atoms with van der Waals surface area (Å²) < 4.78 is 0. The lowest BCUT2D eigenvalue weighted by atomic mass is 9.96. The third-order valence-corrected chi connectivity index (χ3v) is 9.05. The molecule has 0 atom stereocenters. The fraction of sp³-hybridized carbons (Fsp3) is 0.930. The molecule has 3 nitrogen and oxygen atoms in total. The summed E-state index contributed by atoms with van der Waals surface area (Å²) in [6.07, 6.45) is 37.6. The van der Waals surface area contributed by atoms with Crippen LogP contribution < -0.4 is 0 Å². The van der Waals surface area contributed by atoms with Crippen LogP contribution in [0.4, 0.5) is 0 Å². The predicted octanol–water partition coefficient (Wildman–Crippen LogP) is 13.7. The maximum absolute atomic E-state index is 10.8. The first-order valence-electron chi connectivity index (χ1n) is 20.9. The van der Waals surface area contributed by atoms with Crippen molar-refractivity contribution in [2.75, 3.05) is 40.3 Å². The highest BCUT2D eigenvalue weighted by Crippen LogP contribution is 2.18. The second kappa shape index (κ2) is 44.6. The Morgan fingerprint density at radius 2 is 0.804 bits per heavy atom. The highest BCUT2D eigenvalue weighted by atomic mass is 16.1. The molecule has 0 unspecified atom stereocenters. The fourth-order valence-corrected chi connectivity index (χ4v) is 5.91. The zero-order chi connectivity index (χ0) is 34.9. The van der Waals surface area contributed by atoms with Crippen LogP contribution in [0.15, 0.2) is 0 Å². The highest BCUT2D eigenvalue weighted by molar-refractivity contribution is 5.82. The molecule has 0 saturated heterocycles. The lowest BCUT2D eigenvalue weighted by Crippen LogP contribution is -2.33. The minimum Gasteiger partial charge on any atom is -0.308 e. The van der Waals surface area contributed by atoms with E-state index >= 15 is 0 Å². The topological polar surface area (TPSA) is 23.6 Å². The molecule has 0 aliphatic carbocycles. The summed E-state index contributed by atoms with van der Waals surface area (Å²) in [4.78, 5) is 15.8. The normalized spacial score (nSPS) is 11.1. The molecule has 0 aromatic rings. The predicted molar refractivity (Wildman–Crippen MR) is 212 cm³/mol. The molecule has 3 heteroatoms. The third kappa shape index (κ3) is 48.0. The van der Waals surface area contributed by atoms with Crippen molar-refractivity contribution in [2.24, 2.45) is 5.92 Å². The van der Waals surface area contributed by atoms with Gasteiger partial charge in [0.15, 0.2) is 0 Å². The SMILES string of the molecule is CC.[CH2]C(=O)CCCCCCCN(CCCCCCCCCC)CCN(C)C.[CH2]C(CCCCCCCC)CCCCCCCC. The van der Waals surface area contributed by atoms with Crippen molar-refractivity contribution in [3.8, 4) is 0 Å². The van der Waals surface area contributed by atoms with E-state index in [2.05, 4.69) is 58.5 Å². The Bertz CT molecular complexity index is 519. The lowest BCUT2D eigenvalue weighted by Gasteiger charge is -2.24. The Hall–Kier alpha value is -0.410. The van der Waals surface area contributed by atoms with Crippen molar-refractivity contribution in [3.63, 3.8) is 0 Å². The van der Waals surface area contributed by atoms with Crippen molar-refractivity contribution < 1.29 is 4.79 Å². The molecule has 0 fully saturated rings. The quantitative estimate of drug-likeness (QED) is 0.0647. The van der Waals surface area contributed by atoms with E-state index in [0.29, 0.717) is 6.42 Å². The smallest absolute Gasteiger partial charge is 0.133 e. The minimum atomic E-state index is 0.0882. The van der Waals surface area contributed by atoms with Crippen LogP contribution in [0.1, 0.15) is 214 Å². The number of rotatable bonds is 34. The van der Waals surface area contributed by atoms with Gasteiger partial charge in [-0.05, 0) is 52.4 Å². The standard InChI is InChI=1S/C23H47N2O.C18H37.C2H6/c1-5-6-7-8-9-10-13-16-19-25(22-21-24(3)4)20-17-14-11-12-15-18-23(2)26;1-4-6-8-10-12-14-16-18(3)17-15-13-11-9-7-5-2;1-2/h2,5-22H2,1,3-4H3;18H,3-17H2,1-2H3;1-2H3. The number of carbonyl (C=O) groups excluding carboxylic acids is 1. The molecule has 46 heavy (non-hydrogen) atoms. The van der Waals surface area contributed by atoms with E-state index in [9.17, 15) is 4.79 Å². The van der Waals surface area contributed by atoms with Crippen LogP contribution in [0.3, 0.4) is 0 Å². The number of Topliss-reactive ketones (excluding diaryl/α,β-unsaturated/α-hetero) is 1. The molecule has 0 aliphatic rings. The molecule has 278 valence electrons. The zero-order valence-corrected chi connectivity index (χ0v) is 33.4. The Balaban J connectivity index is -0.000000808. The molecule has 0 aromatic carbocycles. The summed E-state index contributed by atoms with van der Waals surface area (Å²) in [7, 11) is 4.33. The monoisotopic (exact) mass is 651 g/mol. The lowest BCUT2D eigenvalue weighted by molar-refractivity contribution is -0.114. The van der Waals surface area contributed by atoms with Gasteiger partial charge in [-0.25, -0.2) is 0 Å². The summed E-state index contributed by atoms with van der Waals surface area (Å²) in [5.41, 5.74) is 0. The molecule has 0 rings (SSSR count). The van der Waals surface area contributed by atoms with E-state index in [1.807, 2.05) is 13.8 Å². The second-order valence-corrected chi connectivity index (χ2v) is 14.2. The van der Waals surface area contributed by atoms with Crippen LogP contribution in [0, 0.1) is 19.8 Å². The van der Waals surface area contributed by atoms with Gasteiger partial charge in [0.2, 0.25) is 0 Å². The molecule has 0 heterocycles. The van der Waals surface area contributed by atoms with Crippen LogP contribution in [0.2, 0.25) is 0 Å². The van der Waals surface area contributed by atoms with E-state index < -0.39 is 0 Å². The number of unbranched alkanes of at least 4 members (excludes halogenated alkanes) is 21. The highest BCUT2D eigenvalue weighted by Gasteiger charge is 2.06. The summed E-state index contributed by atoms with van der Waals surface area (Å²) in [6, 6.07) is 0. The first-order valence-corrected chi connectivity index (χ1v) is 20.9. The molecule has 0 spiro atoms. The molecule has 0 N–H and O–H groups in total. The van der Waals surface area contributed by atoms with E-state index in [1.54, 1.807) is 0 Å². The van der Waals surface area contributed by atoms with Gasteiger partial charge in [0.05, 0.1) is 0 Å². The molecule has 0 amide bonds. The van der Waals surface area contributed by atoms with E-state index in [4.69, 9.17) is 0 Å². The number of likely N-dealkylation sites (N-methyl/N-ethyl adjacent to an activating group) is 1. The second-order valence-electron chi connectivity index (χ2n) is 14.2. The summed E-state index contributed by atoms with van der Waals surface area (Å²) in [6.45, 7) is 23.4. The van der Waals surface area contributed by atoms with Crippen molar-refractivity contribution >= 4 is 5.78 Å². The molecular formula is C43H90N2O. The van der Waals surface area contributed by atoms with Gasteiger partial charge in [-0.15, -0.1) is 0 Å². The van der Waals surface area contributed by atoms with Gasteiger partial charge < -0.3 is 9.80 Å². The van der Waals surface area contributed by atoms with Crippen molar-refractivity contribution in [2.45, 2.75) is 214 Å². The molecule has 0 bridgehead atoms. The molecular weight excluding hydrogens is 560 g/mol. The van der Waals surface area contributed by atoms with E-state index in [1.165, 1.54) is 187 Å². The zero-order valence-electron chi connectivity index (χ0n) is 33.4. The molecule has 2 radical (unpaired) electrons. The van der Waals surface area contributed by atoms with Crippen molar-refractivity contribution in [1.29, 1.82) is 0 Å². The van der Waals surface area contributed by atoms with Crippen LogP contribution >= 0.6 is 0 Å². The number of hydrogen-bond acceptors (Lipinski definition) is 3. The number of carbonyl (C=O) groups is 1. The van der Waals surface area contributed by atoms with Crippen LogP contribution in [-0.2, 0) is 4.79 Å². The summed E-state index contributed by atoms with van der Waals surface area (Å²) in [5, 5.41) is 0. The van der Waals surface area contributed by atoms with E-state index in [0.717, 1.165) is 18.9 Å². The third-order valence-electron chi connectivity index (χ3n) is 9.05. The Kier molecular flexibility index (Phi) is 48.4. The fourth-order valence-electron chi connectivity index (χ4n) is 5.91. The van der Waals surface area contributed by atoms with Gasteiger partial charge in [-0.1, -0.05) is 196 Å². The maximum Gasteiger partial charge on any atom is 0.133 e. The first kappa shape index (κ1) is 50.0. The van der Waals surface area contributed by atoms with Crippen molar-refractivity contribution in [1.82, 2.24) is 9.80 Å². The van der Waals surface area contributed by atoms with Crippen LogP contribution in [0.5, 0.6) is 0 Å². The Morgan fingerprint density at radius 3 is 1.15 bits per heavy atom. The number of nitrogens with zero attached hydrogens (tertiary/aromatic N) is 2.